The second-order valence-corrected chi connectivity index (χ2v) is 9.42. The molecule has 0 unspecified atom stereocenters. The third kappa shape index (κ3) is 4.39. The Morgan fingerprint density at radius 2 is 1.47 bits per heavy atom. The lowest BCUT2D eigenvalue weighted by Crippen LogP contribution is -2.11. The van der Waals surface area contributed by atoms with Crippen molar-refractivity contribution in [3.8, 4) is 22.3 Å². The first-order valence-corrected chi connectivity index (χ1v) is 12.3. The molecule has 0 radical (unpaired) electrons. The molecule has 5 rings (SSSR count). The van der Waals surface area contributed by atoms with E-state index >= 15 is 0 Å². The summed E-state index contributed by atoms with van der Waals surface area (Å²) in [6, 6.07) is 28.7. The van der Waals surface area contributed by atoms with Gasteiger partial charge in [0.2, 0.25) is 10.0 Å². The molecule has 3 N–H and O–H groups in total. The van der Waals surface area contributed by atoms with Gasteiger partial charge >= 0.3 is 0 Å². The minimum Gasteiger partial charge on any atom is -0.364 e. The van der Waals surface area contributed by atoms with Crippen LogP contribution in [0.4, 0.5) is 5.82 Å². The van der Waals surface area contributed by atoms with Crippen LogP contribution < -0.4 is 10.5 Å². The van der Waals surface area contributed by atoms with Crippen molar-refractivity contribution in [2.75, 3.05) is 5.32 Å². The Bertz CT molecular complexity index is 1550. The van der Waals surface area contributed by atoms with Crippen molar-refractivity contribution in [1.29, 1.82) is 0 Å². The summed E-state index contributed by atoms with van der Waals surface area (Å²) in [4.78, 5) is 9.25. The van der Waals surface area contributed by atoms with Crippen LogP contribution in [0.25, 0.3) is 33.0 Å². The van der Waals surface area contributed by atoms with Crippen molar-refractivity contribution in [3.63, 3.8) is 0 Å². The molecule has 6 nitrogen and oxygen atoms in total. The van der Waals surface area contributed by atoms with Crippen molar-refractivity contribution in [1.82, 2.24) is 9.97 Å². The molecule has 0 amide bonds. The highest BCUT2D eigenvalue weighted by molar-refractivity contribution is 7.89. The first-order chi connectivity index (χ1) is 16.5. The first kappa shape index (κ1) is 21.8. The fraction of sp³-hybridized carbons (Fsp3) is 0.0370. The second kappa shape index (κ2) is 9.05. The minimum absolute atomic E-state index is 0.0761. The highest BCUT2D eigenvalue weighted by Gasteiger charge is 2.15. The minimum atomic E-state index is -3.76. The molecule has 5 aromatic rings. The zero-order valence-corrected chi connectivity index (χ0v) is 19.0. The van der Waals surface area contributed by atoms with Crippen molar-refractivity contribution in [2.45, 2.75) is 11.4 Å². The summed E-state index contributed by atoms with van der Waals surface area (Å²) in [5.74, 6) is 0.755. The maximum Gasteiger partial charge on any atom is 0.238 e. The fourth-order valence-corrected chi connectivity index (χ4v) is 4.53. The third-order valence-electron chi connectivity index (χ3n) is 5.66. The Kier molecular flexibility index (Phi) is 5.79. The molecule has 0 aliphatic heterocycles. The number of nitrogens with zero attached hydrogens (tertiary/aromatic N) is 2. The number of nitrogens with two attached hydrogens (primary N) is 1. The number of primary sulfonamides is 1. The number of aromatic nitrogens is 2. The van der Waals surface area contributed by atoms with Crippen LogP contribution in [0.3, 0.4) is 0 Å². The van der Waals surface area contributed by atoms with E-state index in [1.165, 1.54) is 12.1 Å². The van der Waals surface area contributed by atoms with Gasteiger partial charge in [0.15, 0.2) is 0 Å². The topological polar surface area (TPSA) is 98.0 Å². The van der Waals surface area contributed by atoms with E-state index in [0.29, 0.717) is 6.54 Å². The van der Waals surface area contributed by atoms with Gasteiger partial charge in [-0.1, -0.05) is 66.7 Å². The number of hydrogen-bond donors (Lipinski definition) is 2. The number of sulfonamides is 1. The van der Waals surface area contributed by atoms with Gasteiger partial charge in [-0.15, -0.1) is 0 Å². The summed E-state index contributed by atoms with van der Waals surface area (Å²) in [6.07, 6.45) is 3.58. The highest BCUT2D eigenvalue weighted by atomic mass is 32.2. The zero-order valence-electron chi connectivity index (χ0n) is 18.2. The number of pyridine rings is 2. The smallest absolute Gasteiger partial charge is 0.238 e. The van der Waals surface area contributed by atoms with Crippen LogP contribution in [0.5, 0.6) is 0 Å². The van der Waals surface area contributed by atoms with E-state index in [-0.39, 0.29) is 4.90 Å². The standard InChI is InChI=1S/C27H22N4O2S/c28-34(32,33)22-14-12-20(13-15-22)25-18-31-27(30-17-21-9-4-5-16-29-21)26-23(10-6-11-24(25)26)19-7-2-1-3-8-19/h1-16,18H,17H2,(H,30,31)(H2,28,32,33). The lowest BCUT2D eigenvalue weighted by Gasteiger charge is -2.16. The Labute approximate surface area is 198 Å². The van der Waals surface area contributed by atoms with Gasteiger partial charge in [0.05, 0.1) is 17.1 Å². The third-order valence-corrected chi connectivity index (χ3v) is 6.59. The van der Waals surface area contributed by atoms with Gasteiger partial charge in [-0.25, -0.2) is 18.5 Å². The molecule has 2 heterocycles. The molecule has 168 valence electrons. The number of fused-ring (bicyclic) bond motifs is 1. The van der Waals surface area contributed by atoms with Gasteiger partial charge in [0.1, 0.15) is 5.82 Å². The summed E-state index contributed by atoms with van der Waals surface area (Å²) in [7, 11) is -3.76. The predicted octanol–water partition coefficient (Wildman–Crippen LogP) is 5.22. The quantitative estimate of drug-likeness (QED) is 0.357. The average Bonchev–Trinajstić information content (AvgIpc) is 2.87. The van der Waals surface area contributed by atoms with Crippen molar-refractivity contribution in [2.24, 2.45) is 5.14 Å². The number of nitrogens with one attached hydrogen (secondary N) is 1. The molecule has 0 aliphatic carbocycles. The van der Waals surface area contributed by atoms with Gasteiger partial charge in [0, 0.05) is 23.3 Å². The molecule has 34 heavy (non-hydrogen) atoms. The normalized spacial score (nSPS) is 11.4. The molecule has 0 atom stereocenters. The van der Waals surface area contributed by atoms with Crippen LogP contribution in [-0.4, -0.2) is 18.4 Å². The monoisotopic (exact) mass is 466 g/mol. The molecule has 0 bridgehead atoms. The Morgan fingerprint density at radius 1 is 0.735 bits per heavy atom. The SMILES string of the molecule is NS(=O)(=O)c1ccc(-c2cnc(NCc3ccccn3)c3c(-c4ccccc4)cccc23)cc1. The fourth-order valence-electron chi connectivity index (χ4n) is 4.02. The zero-order chi connectivity index (χ0) is 23.5. The first-order valence-electron chi connectivity index (χ1n) is 10.7. The highest BCUT2D eigenvalue weighted by Crippen LogP contribution is 2.38. The Hall–Kier alpha value is -4.07. The molecule has 0 spiro atoms. The van der Waals surface area contributed by atoms with Gasteiger partial charge in [-0.05, 0) is 46.3 Å². The predicted molar refractivity (Wildman–Crippen MR) is 136 cm³/mol. The van der Waals surface area contributed by atoms with Gasteiger partial charge in [-0.2, -0.15) is 0 Å². The molecule has 2 aromatic heterocycles. The second-order valence-electron chi connectivity index (χ2n) is 7.86. The molecule has 0 saturated heterocycles. The number of benzene rings is 3. The maximum absolute atomic E-state index is 11.7. The largest absolute Gasteiger partial charge is 0.364 e. The summed E-state index contributed by atoms with van der Waals surface area (Å²) in [5, 5.41) is 10.7. The van der Waals surface area contributed by atoms with Crippen LogP contribution in [0.15, 0.2) is 108 Å². The van der Waals surface area contributed by atoms with E-state index in [9.17, 15) is 8.42 Å². The number of hydrogen-bond acceptors (Lipinski definition) is 5. The van der Waals surface area contributed by atoms with E-state index in [0.717, 1.165) is 44.5 Å². The molecule has 0 saturated carbocycles. The molecule has 3 aromatic carbocycles. The molecular weight excluding hydrogens is 444 g/mol. The lowest BCUT2D eigenvalue weighted by atomic mass is 9.94. The summed E-state index contributed by atoms with van der Waals surface area (Å²) in [6.45, 7) is 0.536. The summed E-state index contributed by atoms with van der Waals surface area (Å²) < 4.78 is 23.4. The lowest BCUT2D eigenvalue weighted by molar-refractivity contribution is 0.598. The van der Waals surface area contributed by atoms with Gasteiger partial charge in [-0.3, -0.25) is 4.98 Å². The van der Waals surface area contributed by atoms with Gasteiger partial charge in [0.25, 0.3) is 0 Å². The van der Waals surface area contributed by atoms with Crippen LogP contribution >= 0.6 is 0 Å². The van der Waals surface area contributed by atoms with Crippen LogP contribution in [0.1, 0.15) is 5.69 Å². The Morgan fingerprint density at radius 3 is 2.18 bits per heavy atom. The maximum atomic E-state index is 11.7. The van der Waals surface area contributed by atoms with Crippen LogP contribution in [0.2, 0.25) is 0 Å². The van der Waals surface area contributed by atoms with E-state index in [1.54, 1.807) is 18.3 Å². The molecule has 0 aliphatic rings. The summed E-state index contributed by atoms with van der Waals surface area (Å²) in [5.41, 5.74) is 4.80. The van der Waals surface area contributed by atoms with Crippen molar-refractivity contribution >= 4 is 26.6 Å². The molecular formula is C27H22N4O2S. The van der Waals surface area contributed by atoms with Crippen LogP contribution in [0, 0.1) is 0 Å². The van der Waals surface area contributed by atoms with E-state index in [2.05, 4.69) is 34.6 Å². The summed E-state index contributed by atoms with van der Waals surface area (Å²) >= 11 is 0. The molecule has 0 fully saturated rings. The van der Waals surface area contributed by atoms with Crippen molar-refractivity contribution in [3.05, 3.63) is 109 Å². The van der Waals surface area contributed by atoms with Gasteiger partial charge < -0.3 is 5.32 Å². The number of anilines is 1. The van der Waals surface area contributed by atoms with Crippen LogP contribution in [-0.2, 0) is 16.6 Å². The van der Waals surface area contributed by atoms with E-state index in [4.69, 9.17) is 10.1 Å². The Balaban J connectivity index is 1.67. The van der Waals surface area contributed by atoms with E-state index in [1.807, 2.05) is 48.7 Å². The van der Waals surface area contributed by atoms with E-state index < -0.39 is 10.0 Å². The van der Waals surface area contributed by atoms with Crippen molar-refractivity contribution < 1.29 is 8.42 Å². The average molecular weight is 467 g/mol. The molecule has 7 heteroatoms. The number of rotatable bonds is 6.